The van der Waals surface area contributed by atoms with Gasteiger partial charge in [-0.1, -0.05) is 12.1 Å². The molecule has 1 rings (SSSR count). The van der Waals surface area contributed by atoms with E-state index in [0.717, 1.165) is 18.7 Å². The second kappa shape index (κ2) is 7.99. The van der Waals surface area contributed by atoms with Crippen molar-refractivity contribution in [3.05, 3.63) is 23.8 Å². The number of para-hydroxylation sites is 1. The van der Waals surface area contributed by atoms with E-state index in [4.69, 9.17) is 9.47 Å². The predicted molar refractivity (Wildman–Crippen MR) is 75.9 cm³/mol. The van der Waals surface area contributed by atoms with Crippen molar-refractivity contribution in [2.75, 3.05) is 48.0 Å². The monoisotopic (exact) mass is 268 g/mol. The van der Waals surface area contributed by atoms with Crippen LogP contribution < -0.4 is 14.8 Å². The molecule has 1 aromatic rings. The number of hydrogen-bond acceptors (Lipinski definition) is 5. The van der Waals surface area contributed by atoms with Crippen LogP contribution in [0.5, 0.6) is 11.5 Å². The van der Waals surface area contributed by atoms with Crippen LogP contribution in [0.3, 0.4) is 0 Å². The number of likely N-dealkylation sites (N-methyl/N-ethyl adjacent to an activating group) is 1. The summed E-state index contributed by atoms with van der Waals surface area (Å²) in [5.41, 5.74) is 0.906. The molecular formula is C14H24N2O3. The van der Waals surface area contributed by atoms with Crippen molar-refractivity contribution in [3.63, 3.8) is 0 Å². The molecule has 0 heterocycles. The molecule has 5 heteroatoms. The Balaban J connectivity index is 2.85. The van der Waals surface area contributed by atoms with Gasteiger partial charge in [-0.05, 0) is 20.2 Å². The molecule has 19 heavy (non-hydrogen) atoms. The lowest BCUT2D eigenvalue weighted by Crippen LogP contribution is -2.31. The van der Waals surface area contributed by atoms with Crippen molar-refractivity contribution in [2.24, 2.45) is 0 Å². The third kappa shape index (κ3) is 4.38. The number of methoxy groups -OCH3 is 2. The zero-order chi connectivity index (χ0) is 14.3. The second-order valence-electron chi connectivity index (χ2n) is 4.58. The third-order valence-electron chi connectivity index (χ3n) is 2.94. The van der Waals surface area contributed by atoms with Gasteiger partial charge in [0.05, 0.1) is 26.9 Å². The molecule has 1 aromatic carbocycles. The Morgan fingerprint density at radius 2 is 2.00 bits per heavy atom. The molecule has 1 unspecified atom stereocenters. The summed E-state index contributed by atoms with van der Waals surface area (Å²) >= 11 is 0. The van der Waals surface area contributed by atoms with E-state index < -0.39 is 0 Å². The molecule has 0 aliphatic heterocycles. The third-order valence-corrected chi connectivity index (χ3v) is 2.94. The van der Waals surface area contributed by atoms with Gasteiger partial charge in [-0.3, -0.25) is 0 Å². The molecule has 2 N–H and O–H groups in total. The normalized spacial score (nSPS) is 12.5. The zero-order valence-corrected chi connectivity index (χ0v) is 12.1. The van der Waals surface area contributed by atoms with Crippen LogP contribution in [0.1, 0.15) is 11.6 Å². The van der Waals surface area contributed by atoms with Gasteiger partial charge in [-0.25, -0.2) is 0 Å². The van der Waals surface area contributed by atoms with E-state index in [1.807, 2.05) is 32.3 Å². The molecule has 5 nitrogen and oxygen atoms in total. The lowest BCUT2D eigenvalue weighted by molar-refractivity contribution is 0.236. The highest BCUT2D eigenvalue weighted by atomic mass is 16.5. The van der Waals surface area contributed by atoms with Gasteiger partial charge < -0.3 is 24.8 Å². The molecule has 0 radical (unpaired) electrons. The number of ether oxygens (including phenoxy) is 2. The van der Waals surface area contributed by atoms with Gasteiger partial charge in [0.15, 0.2) is 11.5 Å². The summed E-state index contributed by atoms with van der Waals surface area (Å²) in [5, 5.41) is 12.9. The standard InChI is InChI=1S/C14H24N2O3/c1-16(2)9-8-15-12(10-17)11-6-5-7-13(18-3)14(11)19-4/h5-7,12,15,17H,8-10H2,1-4H3. The minimum atomic E-state index is -0.162. The minimum absolute atomic E-state index is 0.0109. The van der Waals surface area contributed by atoms with E-state index in [9.17, 15) is 5.11 Å². The van der Waals surface area contributed by atoms with Crippen molar-refractivity contribution in [1.29, 1.82) is 0 Å². The van der Waals surface area contributed by atoms with E-state index in [0.29, 0.717) is 11.5 Å². The summed E-state index contributed by atoms with van der Waals surface area (Å²) in [5.74, 6) is 1.34. The van der Waals surface area contributed by atoms with Gasteiger partial charge >= 0.3 is 0 Å². The summed E-state index contributed by atoms with van der Waals surface area (Å²) in [7, 11) is 7.24. The molecule has 0 saturated heterocycles. The Morgan fingerprint density at radius 3 is 2.53 bits per heavy atom. The molecular weight excluding hydrogens is 244 g/mol. The van der Waals surface area contributed by atoms with Crippen molar-refractivity contribution >= 4 is 0 Å². The quantitative estimate of drug-likeness (QED) is 0.733. The maximum Gasteiger partial charge on any atom is 0.165 e. The van der Waals surface area contributed by atoms with Gasteiger partial charge in [0, 0.05) is 18.7 Å². The highest BCUT2D eigenvalue weighted by Gasteiger charge is 2.17. The number of rotatable bonds is 8. The first-order chi connectivity index (χ1) is 9.13. The summed E-state index contributed by atoms with van der Waals surface area (Å²) in [4.78, 5) is 2.09. The number of aliphatic hydroxyl groups excluding tert-OH is 1. The molecule has 0 spiro atoms. The number of benzene rings is 1. The molecule has 0 fully saturated rings. The average molecular weight is 268 g/mol. The molecule has 108 valence electrons. The van der Waals surface area contributed by atoms with Crippen LogP contribution in [0.2, 0.25) is 0 Å². The molecule has 0 bridgehead atoms. The van der Waals surface area contributed by atoms with E-state index in [-0.39, 0.29) is 12.6 Å². The van der Waals surface area contributed by atoms with E-state index >= 15 is 0 Å². The Kier molecular flexibility index (Phi) is 6.62. The van der Waals surface area contributed by atoms with E-state index in [1.165, 1.54) is 0 Å². The summed E-state index contributed by atoms with van der Waals surface area (Å²) in [6.07, 6.45) is 0. The van der Waals surface area contributed by atoms with Crippen molar-refractivity contribution in [1.82, 2.24) is 10.2 Å². The Bertz CT molecular complexity index is 383. The highest BCUT2D eigenvalue weighted by Crippen LogP contribution is 2.34. The number of nitrogens with zero attached hydrogens (tertiary/aromatic N) is 1. The van der Waals surface area contributed by atoms with Gasteiger partial charge in [0.1, 0.15) is 0 Å². The second-order valence-corrected chi connectivity index (χ2v) is 4.58. The van der Waals surface area contributed by atoms with Crippen LogP contribution in [-0.4, -0.2) is 58.0 Å². The first-order valence-electron chi connectivity index (χ1n) is 6.33. The fourth-order valence-electron chi connectivity index (χ4n) is 1.92. The molecule has 0 saturated carbocycles. The van der Waals surface area contributed by atoms with Gasteiger partial charge in [-0.15, -0.1) is 0 Å². The van der Waals surface area contributed by atoms with Crippen LogP contribution in [0, 0.1) is 0 Å². The van der Waals surface area contributed by atoms with Crippen LogP contribution in [-0.2, 0) is 0 Å². The van der Waals surface area contributed by atoms with E-state index in [2.05, 4.69) is 10.2 Å². The highest BCUT2D eigenvalue weighted by molar-refractivity contribution is 5.48. The molecule has 0 aliphatic rings. The first-order valence-corrected chi connectivity index (χ1v) is 6.33. The first kappa shape index (κ1) is 15.8. The van der Waals surface area contributed by atoms with Crippen LogP contribution in [0.25, 0.3) is 0 Å². The molecule has 1 atom stereocenters. The lowest BCUT2D eigenvalue weighted by atomic mass is 10.1. The van der Waals surface area contributed by atoms with Gasteiger partial charge in [0.2, 0.25) is 0 Å². The molecule has 0 aromatic heterocycles. The number of nitrogens with one attached hydrogen (secondary N) is 1. The fourth-order valence-corrected chi connectivity index (χ4v) is 1.92. The summed E-state index contributed by atoms with van der Waals surface area (Å²) in [6.45, 7) is 1.71. The smallest absolute Gasteiger partial charge is 0.165 e. The Morgan fingerprint density at radius 1 is 1.26 bits per heavy atom. The summed E-state index contributed by atoms with van der Waals surface area (Å²) in [6, 6.07) is 5.51. The van der Waals surface area contributed by atoms with Crippen LogP contribution in [0.15, 0.2) is 18.2 Å². The number of hydrogen-bond donors (Lipinski definition) is 2. The van der Waals surface area contributed by atoms with Gasteiger partial charge in [-0.2, -0.15) is 0 Å². The van der Waals surface area contributed by atoms with Crippen molar-refractivity contribution in [2.45, 2.75) is 6.04 Å². The fraction of sp³-hybridized carbons (Fsp3) is 0.571. The summed E-state index contributed by atoms with van der Waals surface area (Å²) < 4.78 is 10.7. The molecule has 0 aliphatic carbocycles. The Labute approximate surface area is 115 Å². The average Bonchev–Trinajstić information content (AvgIpc) is 2.42. The predicted octanol–water partition coefficient (Wildman–Crippen LogP) is 0.888. The van der Waals surface area contributed by atoms with E-state index in [1.54, 1.807) is 14.2 Å². The Hall–Kier alpha value is -1.30. The topological polar surface area (TPSA) is 54.0 Å². The lowest BCUT2D eigenvalue weighted by Gasteiger charge is -2.21. The molecule has 0 amide bonds. The maximum absolute atomic E-state index is 9.56. The van der Waals surface area contributed by atoms with Gasteiger partial charge in [0.25, 0.3) is 0 Å². The number of aliphatic hydroxyl groups is 1. The largest absolute Gasteiger partial charge is 0.493 e. The minimum Gasteiger partial charge on any atom is -0.493 e. The van der Waals surface area contributed by atoms with Crippen LogP contribution in [0.4, 0.5) is 0 Å². The zero-order valence-electron chi connectivity index (χ0n) is 12.1. The SMILES string of the molecule is COc1cccc(C(CO)NCCN(C)C)c1OC. The van der Waals surface area contributed by atoms with Crippen molar-refractivity contribution in [3.8, 4) is 11.5 Å². The maximum atomic E-state index is 9.56. The van der Waals surface area contributed by atoms with Crippen LogP contribution >= 0.6 is 0 Å². The van der Waals surface area contributed by atoms with Crippen molar-refractivity contribution < 1.29 is 14.6 Å².